The fourth-order valence-corrected chi connectivity index (χ4v) is 1.45. The number of rotatable bonds is 4. The summed E-state index contributed by atoms with van der Waals surface area (Å²) in [5.74, 6) is -0.0382. The smallest absolute Gasteiger partial charge is 0.161 e. The van der Waals surface area contributed by atoms with Gasteiger partial charge in [0.25, 0.3) is 0 Å². The molecule has 0 heterocycles. The van der Waals surface area contributed by atoms with E-state index < -0.39 is 0 Å². The van der Waals surface area contributed by atoms with E-state index in [4.69, 9.17) is 11.0 Å². The van der Waals surface area contributed by atoms with Gasteiger partial charge in [-0.25, -0.2) is 0 Å². The lowest BCUT2D eigenvalue weighted by molar-refractivity contribution is 0.101. The van der Waals surface area contributed by atoms with E-state index in [0.717, 1.165) is 5.69 Å². The van der Waals surface area contributed by atoms with Crippen LogP contribution in [0.3, 0.4) is 0 Å². The van der Waals surface area contributed by atoms with Crippen molar-refractivity contribution in [3.05, 3.63) is 23.8 Å². The fraction of sp³-hybridized carbons (Fsp3) is 0.333. The number of nitrogen functional groups attached to an aromatic ring is 1. The van der Waals surface area contributed by atoms with Crippen LogP contribution in [-0.4, -0.2) is 19.4 Å². The Bertz CT molecular complexity index is 434. The van der Waals surface area contributed by atoms with Crippen molar-refractivity contribution >= 4 is 17.2 Å². The first kappa shape index (κ1) is 12.1. The highest BCUT2D eigenvalue weighted by Crippen LogP contribution is 2.21. The van der Waals surface area contributed by atoms with Gasteiger partial charge in [-0.3, -0.25) is 4.79 Å². The van der Waals surface area contributed by atoms with Crippen LogP contribution in [0.15, 0.2) is 18.2 Å². The summed E-state index contributed by atoms with van der Waals surface area (Å²) in [6.07, 6.45) is 0.463. The van der Waals surface area contributed by atoms with Gasteiger partial charge >= 0.3 is 0 Å². The summed E-state index contributed by atoms with van der Waals surface area (Å²) in [4.78, 5) is 13.1. The molecule has 0 atom stereocenters. The molecule has 1 aromatic rings. The molecule has 0 spiro atoms. The molecule has 0 amide bonds. The maximum atomic E-state index is 11.2. The van der Waals surface area contributed by atoms with Gasteiger partial charge in [-0.1, -0.05) is 0 Å². The average Bonchev–Trinajstić information content (AvgIpc) is 2.25. The molecular formula is C12H15N3O. The van der Waals surface area contributed by atoms with Gasteiger partial charge in [-0.05, 0) is 25.1 Å². The molecule has 0 unspecified atom stereocenters. The minimum atomic E-state index is -0.0382. The predicted molar refractivity (Wildman–Crippen MR) is 64.4 cm³/mol. The minimum absolute atomic E-state index is 0.0382. The van der Waals surface area contributed by atoms with E-state index in [1.165, 1.54) is 6.92 Å². The zero-order valence-electron chi connectivity index (χ0n) is 9.53. The molecule has 0 saturated carbocycles. The number of anilines is 2. The lowest BCUT2D eigenvalue weighted by atomic mass is 10.1. The maximum Gasteiger partial charge on any atom is 0.161 e. The Hall–Kier alpha value is -2.02. The van der Waals surface area contributed by atoms with Crippen molar-refractivity contribution in [1.29, 1.82) is 5.26 Å². The lowest BCUT2D eigenvalue weighted by Gasteiger charge is -2.18. The molecule has 0 aliphatic rings. The number of carbonyl (C=O) groups is 1. The van der Waals surface area contributed by atoms with E-state index in [1.807, 2.05) is 18.0 Å². The number of ketones is 1. The van der Waals surface area contributed by atoms with Gasteiger partial charge in [0.15, 0.2) is 5.78 Å². The summed E-state index contributed by atoms with van der Waals surface area (Å²) in [5, 5.41) is 8.49. The molecule has 4 heteroatoms. The maximum absolute atomic E-state index is 11.2. The zero-order chi connectivity index (χ0) is 12.1. The Morgan fingerprint density at radius 2 is 2.25 bits per heavy atom. The molecule has 0 radical (unpaired) electrons. The average molecular weight is 217 g/mol. The van der Waals surface area contributed by atoms with Gasteiger partial charge in [-0.15, -0.1) is 0 Å². The van der Waals surface area contributed by atoms with E-state index in [1.54, 1.807) is 12.1 Å². The highest BCUT2D eigenvalue weighted by molar-refractivity contribution is 5.99. The molecule has 1 aromatic carbocycles. The quantitative estimate of drug-likeness (QED) is 0.617. The number of nitriles is 1. The van der Waals surface area contributed by atoms with Gasteiger partial charge in [-0.2, -0.15) is 5.26 Å². The lowest BCUT2D eigenvalue weighted by Crippen LogP contribution is -2.18. The van der Waals surface area contributed by atoms with Crippen LogP contribution in [0.25, 0.3) is 0 Å². The molecule has 0 aliphatic heterocycles. The molecule has 1 rings (SSSR count). The topological polar surface area (TPSA) is 70.1 Å². The molecule has 2 N–H and O–H groups in total. The summed E-state index contributed by atoms with van der Waals surface area (Å²) >= 11 is 0. The first-order valence-electron chi connectivity index (χ1n) is 5.05. The third kappa shape index (κ3) is 2.74. The SMILES string of the molecule is CC(=O)c1ccc(N(C)CCC#N)cc1N. The number of hydrogen-bond donors (Lipinski definition) is 1. The van der Waals surface area contributed by atoms with Crippen LogP contribution in [0.1, 0.15) is 23.7 Å². The Labute approximate surface area is 95.3 Å². The second-order valence-corrected chi connectivity index (χ2v) is 3.66. The molecule has 84 valence electrons. The minimum Gasteiger partial charge on any atom is -0.398 e. The molecule has 0 aromatic heterocycles. The van der Waals surface area contributed by atoms with Gasteiger partial charge in [0.1, 0.15) is 0 Å². The van der Waals surface area contributed by atoms with Crippen molar-refractivity contribution in [2.75, 3.05) is 24.2 Å². The normalized spacial score (nSPS) is 9.56. The van der Waals surface area contributed by atoms with Crippen LogP contribution >= 0.6 is 0 Å². The number of hydrogen-bond acceptors (Lipinski definition) is 4. The summed E-state index contributed by atoms with van der Waals surface area (Å²) < 4.78 is 0. The number of carbonyl (C=O) groups excluding carboxylic acids is 1. The number of Topliss-reactive ketones (excluding diaryl/α,β-unsaturated/α-hetero) is 1. The third-order valence-electron chi connectivity index (χ3n) is 2.41. The van der Waals surface area contributed by atoms with Gasteiger partial charge in [0.2, 0.25) is 0 Å². The fourth-order valence-electron chi connectivity index (χ4n) is 1.45. The standard InChI is InChI=1S/C12H15N3O/c1-9(16)11-5-4-10(8-12(11)14)15(2)7-3-6-13/h4-5,8H,3,7,14H2,1-2H3. The van der Waals surface area contributed by atoms with Crippen molar-refractivity contribution in [2.24, 2.45) is 0 Å². The Kier molecular flexibility index (Phi) is 3.90. The molecule has 16 heavy (non-hydrogen) atoms. The van der Waals surface area contributed by atoms with Crippen LogP contribution < -0.4 is 10.6 Å². The number of nitrogens with two attached hydrogens (primary N) is 1. The molecule has 4 nitrogen and oxygen atoms in total. The molecule has 0 aliphatic carbocycles. The molecule has 0 bridgehead atoms. The van der Waals surface area contributed by atoms with Crippen LogP contribution in [-0.2, 0) is 0 Å². The largest absolute Gasteiger partial charge is 0.398 e. The van der Waals surface area contributed by atoms with Crippen molar-refractivity contribution < 1.29 is 4.79 Å². The Morgan fingerprint density at radius 3 is 2.75 bits per heavy atom. The van der Waals surface area contributed by atoms with Gasteiger partial charge in [0, 0.05) is 30.5 Å². The van der Waals surface area contributed by atoms with Crippen molar-refractivity contribution in [3.8, 4) is 6.07 Å². The first-order chi connectivity index (χ1) is 7.56. The molecule has 0 fully saturated rings. The Morgan fingerprint density at radius 1 is 1.56 bits per heavy atom. The van der Waals surface area contributed by atoms with Crippen LogP contribution in [0, 0.1) is 11.3 Å². The second kappa shape index (κ2) is 5.17. The number of benzene rings is 1. The number of nitrogens with zero attached hydrogens (tertiary/aromatic N) is 2. The van der Waals surface area contributed by atoms with Crippen LogP contribution in [0.5, 0.6) is 0 Å². The predicted octanol–water partition coefficient (Wildman–Crippen LogP) is 1.82. The van der Waals surface area contributed by atoms with Gasteiger partial charge < -0.3 is 10.6 Å². The van der Waals surface area contributed by atoms with E-state index >= 15 is 0 Å². The highest BCUT2D eigenvalue weighted by Gasteiger charge is 2.07. The van der Waals surface area contributed by atoms with E-state index in [9.17, 15) is 4.79 Å². The van der Waals surface area contributed by atoms with Crippen molar-refractivity contribution in [1.82, 2.24) is 0 Å². The van der Waals surface area contributed by atoms with E-state index in [-0.39, 0.29) is 5.78 Å². The first-order valence-corrected chi connectivity index (χ1v) is 5.05. The second-order valence-electron chi connectivity index (χ2n) is 3.66. The van der Waals surface area contributed by atoms with Crippen molar-refractivity contribution in [2.45, 2.75) is 13.3 Å². The van der Waals surface area contributed by atoms with Crippen LogP contribution in [0.4, 0.5) is 11.4 Å². The van der Waals surface area contributed by atoms with E-state index in [2.05, 4.69) is 6.07 Å². The summed E-state index contributed by atoms with van der Waals surface area (Å²) in [7, 11) is 1.89. The Balaban J connectivity index is 2.89. The highest BCUT2D eigenvalue weighted by atomic mass is 16.1. The molecular weight excluding hydrogens is 202 g/mol. The van der Waals surface area contributed by atoms with Crippen molar-refractivity contribution in [3.63, 3.8) is 0 Å². The van der Waals surface area contributed by atoms with Crippen LogP contribution in [0.2, 0.25) is 0 Å². The zero-order valence-corrected chi connectivity index (χ0v) is 9.53. The summed E-state index contributed by atoms with van der Waals surface area (Å²) in [5.41, 5.74) is 7.71. The van der Waals surface area contributed by atoms with E-state index in [0.29, 0.717) is 24.2 Å². The summed E-state index contributed by atoms with van der Waals surface area (Å²) in [6, 6.07) is 7.40. The third-order valence-corrected chi connectivity index (χ3v) is 2.41. The van der Waals surface area contributed by atoms with Gasteiger partial charge in [0.05, 0.1) is 12.5 Å². The monoisotopic (exact) mass is 217 g/mol. The molecule has 0 saturated heterocycles. The summed E-state index contributed by atoms with van der Waals surface area (Å²) in [6.45, 7) is 2.14.